The predicted octanol–water partition coefficient (Wildman–Crippen LogP) is 7.74. The lowest BCUT2D eigenvalue weighted by molar-refractivity contribution is 0.495. The number of aromatic nitrogens is 2. The third-order valence-electron chi connectivity index (χ3n) is 7.86. The summed E-state index contributed by atoms with van der Waals surface area (Å²) in [6, 6.07) is 17.2. The van der Waals surface area contributed by atoms with Crippen LogP contribution in [0.2, 0.25) is 0 Å². The van der Waals surface area contributed by atoms with Crippen molar-refractivity contribution < 1.29 is 0 Å². The maximum atomic E-state index is 5.21. The van der Waals surface area contributed by atoms with Crippen molar-refractivity contribution in [2.75, 3.05) is 0 Å². The van der Waals surface area contributed by atoms with Gasteiger partial charge in [-0.25, -0.2) is 0 Å². The molecule has 1 N–H and O–H groups in total. The van der Waals surface area contributed by atoms with Gasteiger partial charge in [0.05, 0.1) is 5.71 Å². The van der Waals surface area contributed by atoms with E-state index in [0.29, 0.717) is 17.8 Å². The van der Waals surface area contributed by atoms with E-state index in [-0.39, 0.29) is 6.17 Å². The second-order valence-corrected chi connectivity index (χ2v) is 10.7. The van der Waals surface area contributed by atoms with Gasteiger partial charge in [0.15, 0.2) is 0 Å². The summed E-state index contributed by atoms with van der Waals surface area (Å²) >= 11 is 0. The van der Waals surface area contributed by atoms with Gasteiger partial charge in [0.25, 0.3) is 0 Å². The van der Waals surface area contributed by atoms with Gasteiger partial charge in [0, 0.05) is 46.9 Å². The minimum Gasteiger partial charge on any atom is -0.363 e. The van der Waals surface area contributed by atoms with Crippen molar-refractivity contribution in [3.8, 4) is 11.1 Å². The van der Waals surface area contributed by atoms with Gasteiger partial charge in [-0.3, -0.25) is 15.0 Å². The first kappa shape index (κ1) is 25.0. The van der Waals surface area contributed by atoms with Crippen molar-refractivity contribution in [3.05, 3.63) is 143 Å². The van der Waals surface area contributed by atoms with Crippen molar-refractivity contribution in [2.24, 2.45) is 16.8 Å². The van der Waals surface area contributed by atoms with E-state index in [0.717, 1.165) is 40.2 Å². The van der Waals surface area contributed by atoms with Crippen LogP contribution >= 0.6 is 0 Å². The normalized spacial score (nSPS) is 24.0. The van der Waals surface area contributed by atoms with Gasteiger partial charge in [-0.1, -0.05) is 85.9 Å². The molecule has 1 aliphatic heterocycles. The minimum atomic E-state index is -0.148. The summed E-state index contributed by atoms with van der Waals surface area (Å²) in [5.41, 5.74) is 10.2. The number of allylic oxidation sites excluding steroid dienone is 9. The molecule has 194 valence electrons. The van der Waals surface area contributed by atoms with Gasteiger partial charge in [0.1, 0.15) is 6.17 Å². The summed E-state index contributed by atoms with van der Waals surface area (Å²) in [5, 5.41) is 3.76. The largest absolute Gasteiger partial charge is 0.363 e. The van der Waals surface area contributed by atoms with Crippen LogP contribution < -0.4 is 5.32 Å². The predicted molar refractivity (Wildman–Crippen MR) is 160 cm³/mol. The van der Waals surface area contributed by atoms with Gasteiger partial charge in [-0.2, -0.15) is 0 Å². The highest BCUT2D eigenvalue weighted by Gasteiger charge is 2.26. The number of hydrogen-bond acceptors (Lipinski definition) is 4. The molecule has 3 aromatic rings. The Hall–Kier alpha value is -4.31. The van der Waals surface area contributed by atoms with Crippen LogP contribution in [0, 0.1) is 25.7 Å². The first-order chi connectivity index (χ1) is 19.0. The standard InChI is InChI=1S/C35H34N4/c1-23-6-4-5-7-32(23)34-20-33(28-16-12-26(13-17-28)30-10-8-24(2)36-21-30)38-35(39-34)29-18-14-27(15-19-29)31-11-9-25(3)37-22-31/h4-12,14-23,26,32,35,39H,13H2,1-3H3. The van der Waals surface area contributed by atoms with E-state index in [4.69, 9.17) is 4.99 Å². The molecule has 0 saturated carbocycles. The topological polar surface area (TPSA) is 50.2 Å². The Kier molecular flexibility index (Phi) is 6.93. The molecule has 39 heavy (non-hydrogen) atoms. The molecule has 0 saturated heterocycles. The van der Waals surface area contributed by atoms with Crippen LogP contribution in [0.3, 0.4) is 0 Å². The fraction of sp³-hybridized carbons (Fsp3) is 0.229. The van der Waals surface area contributed by atoms with Crippen LogP contribution in [0.1, 0.15) is 47.9 Å². The average Bonchev–Trinajstić information content (AvgIpc) is 2.98. The summed E-state index contributed by atoms with van der Waals surface area (Å²) in [7, 11) is 0. The number of hydrogen-bond donors (Lipinski definition) is 1. The number of benzene rings is 1. The highest BCUT2D eigenvalue weighted by atomic mass is 15.1. The molecule has 0 spiro atoms. The van der Waals surface area contributed by atoms with Crippen LogP contribution in [0.15, 0.2) is 126 Å². The molecule has 6 rings (SSSR count). The Bertz CT molecular complexity index is 1520. The summed E-state index contributed by atoms with van der Waals surface area (Å²) in [4.78, 5) is 14.2. The van der Waals surface area contributed by atoms with Crippen LogP contribution in [-0.2, 0) is 0 Å². The maximum Gasteiger partial charge on any atom is 0.145 e. The average molecular weight is 511 g/mol. The van der Waals surface area contributed by atoms with Gasteiger partial charge < -0.3 is 5.32 Å². The maximum absolute atomic E-state index is 5.21. The first-order valence-corrected chi connectivity index (χ1v) is 13.8. The minimum absolute atomic E-state index is 0.148. The van der Waals surface area contributed by atoms with Crippen molar-refractivity contribution in [3.63, 3.8) is 0 Å². The van der Waals surface area contributed by atoms with E-state index in [1.165, 1.54) is 16.8 Å². The highest BCUT2D eigenvalue weighted by Crippen LogP contribution is 2.34. The van der Waals surface area contributed by atoms with Crippen molar-refractivity contribution in [2.45, 2.75) is 39.3 Å². The number of nitrogens with zero attached hydrogens (tertiary/aromatic N) is 3. The molecule has 0 radical (unpaired) electrons. The molecule has 4 atom stereocenters. The van der Waals surface area contributed by atoms with E-state index < -0.39 is 0 Å². The third kappa shape index (κ3) is 5.46. The van der Waals surface area contributed by atoms with Crippen LogP contribution in [0.5, 0.6) is 0 Å². The van der Waals surface area contributed by atoms with E-state index in [1.807, 2.05) is 26.2 Å². The van der Waals surface area contributed by atoms with Crippen LogP contribution in [-0.4, -0.2) is 15.7 Å². The Morgan fingerprint density at radius 2 is 1.49 bits per heavy atom. The zero-order valence-electron chi connectivity index (χ0n) is 22.8. The number of nitrogens with one attached hydrogen (secondary N) is 1. The highest BCUT2D eigenvalue weighted by molar-refractivity contribution is 6.11. The molecule has 4 nitrogen and oxygen atoms in total. The van der Waals surface area contributed by atoms with Crippen LogP contribution in [0.25, 0.3) is 11.1 Å². The second-order valence-electron chi connectivity index (χ2n) is 10.7. The number of pyridine rings is 2. The smallest absolute Gasteiger partial charge is 0.145 e. The van der Waals surface area contributed by atoms with Crippen LogP contribution in [0.4, 0.5) is 0 Å². The fourth-order valence-corrected chi connectivity index (χ4v) is 5.42. The molecule has 0 fully saturated rings. The van der Waals surface area contributed by atoms with E-state index in [9.17, 15) is 0 Å². The monoisotopic (exact) mass is 510 g/mol. The van der Waals surface area contributed by atoms with Gasteiger partial charge in [-0.15, -0.1) is 0 Å². The summed E-state index contributed by atoms with van der Waals surface area (Å²) in [6.45, 7) is 6.31. The zero-order chi connectivity index (χ0) is 26.8. The Morgan fingerprint density at radius 3 is 2.15 bits per heavy atom. The lowest BCUT2D eigenvalue weighted by Crippen LogP contribution is -2.31. The van der Waals surface area contributed by atoms with E-state index in [1.54, 1.807) is 0 Å². The first-order valence-electron chi connectivity index (χ1n) is 13.8. The molecule has 0 bridgehead atoms. The summed E-state index contributed by atoms with van der Waals surface area (Å²) in [6.07, 6.45) is 22.7. The van der Waals surface area contributed by atoms with Gasteiger partial charge in [0.2, 0.25) is 0 Å². The molecule has 2 aliphatic carbocycles. The molecule has 0 amide bonds. The quantitative estimate of drug-likeness (QED) is 0.382. The fourth-order valence-electron chi connectivity index (χ4n) is 5.42. The molecule has 4 unspecified atom stereocenters. The molecule has 1 aromatic carbocycles. The zero-order valence-corrected chi connectivity index (χ0v) is 22.8. The Balaban J connectivity index is 1.29. The lowest BCUT2D eigenvalue weighted by Gasteiger charge is -2.31. The number of rotatable bonds is 5. The molecule has 3 heterocycles. The molecular formula is C35H34N4. The third-order valence-corrected chi connectivity index (χ3v) is 7.86. The van der Waals surface area contributed by atoms with Crippen molar-refractivity contribution in [1.29, 1.82) is 0 Å². The van der Waals surface area contributed by atoms with Crippen molar-refractivity contribution >= 4 is 5.71 Å². The Morgan fingerprint density at radius 1 is 0.769 bits per heavy atom. The molecule has 3 aliphatic rings. The van der Waals surface area contributed by atoms with Gasteiger partial charge in [-0.05, 0) is 66.7 Å². The van der Waals surface area contributed by atoms with Crippen molar-refractivity contribution in [1.82, 2.24) is 15.3 Å². The van der Waals surface area contributed by atoms with Gasteiger partial charge >= 0.3 is 0 Å². The lowest BCUT2D eigenvalue weighted by atomic mass is 9.84. The summed E-state index contributed by atoms with van der Waals surface area (Å²) < 4.78 is 0. The summed E-state index contributed by atoms with van der Waals surface area (Å²) in [5.74, 6) is 1.05. The van der Waals surface area contributed by atoms with E-state index >= 15 is 0 Å². The number of aryl methyl sites for hydroxylation is 2. The molecule has 2 aromatic heterocycles. The molecule has 4 heteroatoms. The van der Waals surface area contributed by atoms with E-state index in [2.05, 4.69) is 119 Å². The SMILES string of the molecule is Cc1ccc(-c2ccc(C3N=C(C4=CCC(c5ccc(C)nc5)C=C4)C=C(C4C=CC=CC4C)N3)cc2)cn1. The molecular weight excluding hydrogens is 476 g/mol. The second kappa shape index (κ2) is 10.8. The Labute approximate surface area is 231 Å². The number of aliphatic imine (C=N–C) groups is 1.